The number of para-hydroxylation sites is 1. The molecule has 2 aromatic carbocycles. The van der Waals surface area contributed by atoms with Crippen LogP contribution in [0.3, 0.4) is 0 Å². The Morgan fingerprint density at radius 3 is 2.34 bits per heavy atom. The van der Waals surface area contributed by atoms with Crippen LogP contribution in [0.15, 0.2) is 48.5 Å². The van der Waals surface area contributed by atoms with Crippen molar-refractivity contribution >= 4 is 29.1 Å². The monoisotopic (exact) mass is 389 g/mol. The minimum atomic E-state index is -1.22. The van der Waals surface area contributed by atoms with Crippen LogP contribution in [0.4, 0.5) is 11.4 Å². The van der Waals surface area contributed by atoms with Gasteiger partial charge in [-0.25, -0.2) is 4.90 Å². The van der Waals surface area contributed by atoms with Crippen molar-refractivity contribution in [1.29, 1.82) is 0 Å². The van der Waals surface area contributed by atoms with E-state index in [-0.39, 0.29) is 29.7 Å². The smallest absolute Gasteiger partial charge is 0.250 e. The molecule has 0 saturated carbocycles. The zero-order valence-corrected chi connectivity index (χ0v) is 16.6. The highest BCUT2D eigenvalue weighted by atomic mass is 16.2. The van der Waals surface area contributed by atoms with Crippen molar-refractivity contribution in [2.75, 3.05) is 10.2 Å². The van der Waals surface area contributed by atoms with Gasteiger partial charge in [-0.05, 0) is 31.0 Å². The molecule has 2 N–H and O–H groups in total. The Labute approximate surface area is 169 Å². The number of rotatable bonds is 2. The van der Waals surface area contributed by atoms with E-state index in [0.29, 0.717) is 11.4 Å². The summed E-state index contributed by atoms with van der Waals surface area (Å²) in [5, 5.41) is 6.35. The average molecular weight is 389 g/mol. The van der Waals surface area contributed by atoms with Crippen LogP contribution in [0.1, 0.15) is 25.0 Å². The molecule has 3 heterocycles. The number of nitrogens with zero attached hydrogens (tertiary/aromatic N) is 1. The Hall–Kier alpha value is -2.99. The normalized spacial score (nSPS) is 30.3. The molecule has 3 amide bonds. The van der Waals surface area contributed by atoms with Gasteiger partial charge in [0.2, 0.25) is 17.7 Å². The molecule has 0 aliphatic carbocycles. The van der Waals surface area contributed by atoms with Crippen molar-refractivity contribution < 1.29 is 14.4 Å². The summed E-state index contributed by atoms with van der Waals surface area (Å²) in [4.78, 5) is 41.7. The van der Waals surface area contributed by atoms with Crippen LogP contribution in [0.2, 0.25) is 0 Å². The van der Waals surface area contributed by atoms with E-state index in [9.17, 15) is 14.4 Å². The van der Waals surface area contributed by atoms with Gasteiger partial charge >= 0.3 is 0 Å². The first-order valence-electron chi connectivity index (χ1n) is 9.99. The topological polar surface area (TPSA) is 78.5 Å². The first kappa shape index (κ1) is 18.1. The lowest BCUT2D eigenvalue weighted by molar-refractivity contribution is -0.130. The molecule has 3 aliphatic rings. The summed E-state index contributed by atoms with van der Waals surface area (Å²) in [5.41, 5.74) is 1.83. The van der Waals surface area contributed by atoms with Crippen LogP contribution >= 0.6 is 0 Å². The van der Waals surface area contributed by atoms with Gasteiger partial charge in [-0.15, -0.1) is 0 Å². The summed E-state index contributed by atoms with van der Waals surface area (Å²) in [6.07, 6.45) is 0. The number of amides is 3. The average Bonchev–Trinajstić information content (AvgIpc) is 3.28. The Bertz CT molecular complexity index is 1050. The summed E-state index contributed by atoms with van der Waals surface area (Å²) in [6.45, 7) is 5.98. The summed E-state index contributed by atoms with van der Waals surface area (Å²) in [7, 11) is 0. The van der Waals surface area contributed by atoms with Gasteiger partial charge in [-0.1, -0.05) is 49.7 Å². The first-order valence-corrected chi connectivity index (χ1v) is 9.99. The maximum Gasteiger partial charge on any atom is 0.250 e. The second kappa shape index (κ2) is 6.00. The number of imide groups is 1. The van der Waals surface area contributed by atoms with Gasteiger partial charge in [-0.3, -0.25) is 19.7 Å². The molecule has 2 fully saturated rings. The SMILES string of the molecule is Cc1ccc(N2C(=O)C3C(C(C)C)NC4(C(=O)Nc5ccccc54)C3C2=O)cc1. The van der Waals surface area contributed by atoms with Crippen LogP contribution in [0, 0.1) is 24.7 Å². The summed E-state index contributed by atoms with van der Waals surface area (Å²) in [6, 6.07) is 14.5. The standard InChI is InChI=1S/C23H23N3O3/c1-12(2)19-17-18(21(28)26(20(17)27)14-10-8-13(3)9-11-14)23(25-19)15-6-4-5-7-16(15)24-22(23)29/h4-12,17-19,25H,1-3H3,(H,24,29). The molecule has 6 heteroatoms. The fourth-order valence-electron chi connectivity index (χ4n) is 5.21. The molecule has 4 unspecified atom stereocenters. The first-order chi connectivity index (χ1) is 13.9. The minimum absolute atomic E-state index is 0.0807. The molecule has 5 rings (SSSR count). The number of carbonyl (C=O) groups excluding carboxylic acids is 3. The number of fused-ring (bicyclic) bond motifs is 4. The molecule has 3 aliphatic heterocycles. The van der Waals surface area contributed by atoms with Crippen molar-refractivity contribution in [3.05, 3.63) is 59.7 Å². The zero-order valence-electron chi connectivity index (χ0n) is 16.6. The second-order valence-corrected chi connectivity index (χ2v) is 8.57. The van der Waals surface area contributed by atoms with E-state index in [0.717, 1.165) is 11.1 Å². The van der Waals surface area contributed by atoms with E-state index in [1.807, 2.05) is 57.2 Å². The van der Waals surface area contributed by atoms with Gasteiger partial charge in [0.25, 0.3) is 0 Å². The number of hydrogen-bond acceptors (Lipinski definition) is 4. The van der Waals surface area contributed by atoms with Gasteiger partial charge in [0.15, 0.2) is 0 Å². The van der Waals surface area contributed by atoms with Crippen LogP contribution in [0.5, 0.6) is 0 Å². The van der Waals surface area contributed by atoms with Crippen LogP contribution in [-0.2, 0) is 19.9 Å². The van der Waals surface area contributed by atoms with Crippen LogP contribution in [0.25, 0.3) is 0 Å². The van der Waals surface area contributed by atoms with Crippen molar-refractivity contribution in [2.45, 2.75) is 32.4 Å². The van der Waals surface area contributed by atoms with Crippen LogP contribution in [-0.4, -0.2) is 23.8 Å². The van der Waals surface area contributed by atoms with Gasteiger partial charge < -0.3 is 5.32 Å². The molecule has 2 aromatic rings. The molecule has 6 nitrogen and oxygen atoms in total. The van der Waals surface area contributed by atoms with E-state index in [2.05, 4.69) is 10.6 Å². The van der Waals surface area contributed by atoms with E-state index in [1.165, 1.54) is 4.90 Å². The number of aryl methyl sites for hydroxylation is 1. The van der Waals surface area contributed by atoms with E-state index >= 15 is 0 Å². The summed E-state index contributed by atoms with van der Waals surface area (Å²) < 4.78 is 0. The van der Waals surface area contributed by atoms with Crippen LogP contribution < -0.4 is 15.5 Å². The number of nitrogens with one attached hydrogen (secondary N) is 2. The van der Waals surface area contributed by atoms with Crippen molar-refractivity contribution in [3.63, 3.8) is 0 Å². The summed E-state index contributed by atoms with van der Waals surface area (Å²) >= 11 is 0. The van der Waals surface area contributed by atoms with Gasteiger partial charge in [0, 0.05) is 17.3 Å². The van der Waals surface area contributed by atoms with Gasteiger partial charge in [-0.2, -0.15) is 0 Å². The molecular formula is C23H23N3O3. The Morgan fingerprint density at radius 2 is 1.66 bits per heavy atom. The molecule has 148 valence electrons. The molecule has 1 spiro atoms. The molecular weight excluding hydrogens is 366 g/mol. The number of carbonyl (C=O) groups is 3. The second-order valence-electron chi connectivity index (χ2n) is 8.57. The third-order valence-corrected chi connectivity index (χ3v) is 6.57. The third kappa shape index (κ3) is 2.23. The third-order valence-electron chi connectivity index (χ3n) is 6.57. The molecule has 29 heavy (non-hydrogen) atoms. The van der Waals surface area contributed by atoms with E-state index in [4.69, 9.17) is 0 Å². The maximum absolute atomic E-state index is 13.7. The number of anilines is 2. The highest BCUT2D eigenvalue weighted by Crippen LogP contribution is 2.54. The van der Waals surface area contributed by atoms with Crippen molar-refractivity contribution in [3.8, 4) is 0 Å². The summed E-state index contributed by atoms with van der Waals surface area (Å²) in [5.74, 6) is -2.08. The predicted molar refractivity (Wildman–Crippen MR) is 109 cm³/mol. The van der Waals surface area contributed by atoms with Gasteiger partial charge in [0.05, 0.1) is 17.5 Å². The number of benzene rings is 2. The molecule has 4 atom stereocenters. The van der Waals surface area contributed by atoms with E-state index in [1.54, 1.807) is 12.1 Å². The Morgan fingerprint density at radius 1 is 0.966 bits per heavy atom. The fraction of sp³-hybridized carbons (Fsp3) is 0.348. The lowest BCUT2D eigenvalue weighted by Gasteiger charge is -2.30. The minimum Gasteiger partial charge on any atom is -0.324 e. The highest BCUT2D eigenvalue weighted by Gasteiger charge is 2.70. The van der Waals surface area contributed by atoms with Crippen molar-refractivity contribution in [1.82, 2.24) is 5.32 Å². The Balaban J connectivity index is 1.68. The molecule has 0 radical (unpaired) electrons. The van der Waals surface area contributed by atoms with Crippen molar-refractivity contribution in [2.24, 2.45) is 17.8 Å². The largest absolute Gasteiger partial charge is 0.324 e. The van der Waals surface area contributed by atoms with E-state index < -0.39 is 17.4 Å². The zero-order chi connectivity index (χ0) is 20.5. The predicted octanol–water partition coefficient (Wildman–Crippen LogP) is 2.58. The highest BCUT2D eigenvalue weighted by molar-refractivity contribution is 6.25. The maximum atomic E-state index is 13.7. The fourth-order valence-corrected chi connectivity index (χ4v) is 5.21. The molecule has 2 saturated heterocycles. The number of hydrogen-bond donors (Lipinski definition) is 2. The molecule has 0 bridgehead atoms. The lowest BCUT2D eigenvalue weighted by Crippen LogP contribution is -2.54. The Kier molecular flexibility index (Phi) is 3.74. The molecule has 0 aromatic heterocycles. The quantitative estimate of drug-likeness (QED) is 0.774. The van der Waals surface area contributed by atoms with Gasteiger partial charge in [0.1, 0.15) is 5.54 Å². The lowest BCUT2D eigenvalue weighted by atomic mass is 9.76.